The van der Waals surface area contributed by atoms with Crippen molar-refractivity contribution in [1.29, 1.82) is 0 Å². The molecule has 0 spiro atoms. The Kier molecular flexibility index (Phi) is 3.94. The molecule has 3 nitrogen and oxygen atoms in total. The summed E-state index contributed by atoms with van der Waals surface area (Å²) in [4.78, 5) is 13.6. The lowest BCUT2D eigenvalue weighted by Gasteiger charge is -2.35. The molecule has 90 valence electrons. The van der Waals surface area contributed by atoms with E-state index in [-0.39, 0.29) is 11.9 Å². The lowest BCUT2D eigenvalue weighted by Crippen LogP contribution is -2.49. The molecule has 0 unspecified atom stereocenters. The Labute approximate surface area is 102 Å². The minimum Gasteiger partial charge on any atom is -0.377 e. The number of benzene rings is 1. The van der Waals surface area contributed by atoms with Crippen molar-refractivity contribution in [1.82, 2.24) is 4.90 Å². The van der Waals surface area contributed by atoms with Crippen LogP contribution in [-0.2, 0) is 16.0 Å². The number of rotatable bonds is 3. The first-order valence-corrected chi connectivity index (χ1v) is 5.86. The second-order valence-electron chi connectivity index (χ2n) is 4.15. The van der Waals surface area contributed by atoms with Gasteiger partial charge in [0.1, 0.15) is 0 Å². The number of carbonyl (C=O) groups excluding carboxylic acids is 1. The summed E-state index contributed by atoms with van der Waals surface area (Å²) in [6.07, 6.45) is 2.21. The van der Waals surface area contributed by atoms with Crippen LogP contribution in [0.3, 0.4) is 0 Å². The molecule has 0 aromatic heterocycles. The Hall–Kier alpha value is -1.61. The average molecular weight is 231 g/mol. The summed E-state index contributed by atoms with van der Waals surface area (Å²) >= 11 is 0. The fourth-order valence-electron chi connectivity index (χ4n) is 2.12. The number of morpholine rings is 1. The molecule has 1 heterocycles. The highest BCUT2D eigenvalue weighted by atomic mass is 16.5. The normalized spacial score (nSPS) is 20.0. The molecule has 1 aromatic rings. The van der Waals surface area contributed by atoms with Crippen LogP contribution in [0.4, 0.5) is 0 Å². The van der Waals surface area contributed by atoms with Crippen LogP contribution in [0.5, 0.6) is 0 Å². The quantitative estimate of drug-likeness (QED) is 0.740. The van der Waals surface area contributed by atoms with E-state index in [4.69, 9.17) is 4.74 Å². The first-order chi connectivity index (χ1) is 8.31. The number of nitrogens with zero attached hydrogens (tertiary/aromatic N) is 1. The van der Waals surface area contributed by atoms with Crippen molar-refractivity contribution in [3.63, 3.8) is 0 Å². The molecule has 1 aliphatic heterocycles. The maximum absolute atomic E-state index is 11.7. The Morgan fingerprint density at radius 2 is 2.24 bits per heavy atom. The smallest absolute Gasteiger partial charge is 0.246 e. The summed E-state index contributed by atoms with van der Waals surface area (Å²) in [7, 11) is 0. The van der Waals surface area contributed by atoms with Crippen molar-refractivity contribution >= 4 is 5.91 Å². The number of carbonyl (C=O) groups is 1. The predicted octanol–water partition coefficient (Wildman–Crippen LogP) is 1.64. The van der Waals surface area contributed by atoms with Gasteiger partial charge >= 0.3 is 0 Å². The van der Waals surface area contributed by atoms with Gasteiger partial charge in [0, 0.05) is 6.54 Å². The molecule has 0 radical (unpaired) electrons. The van der Waals surface area contributed by atoms with Crippen LogP contribution in [0.2, 0.25) is 0 Å². The molecule has 17 heavy (non-hydrogen) atoms. The van der Waals surface area contributed by atoms with Gasteiger partial charge in [0.25, 0.3) is 0 Å². The Morgan fingerprint density at radius 1 is 1.47 bits per heavy atom. The third-order valence-corrected chi connectivity index (χ3v) is 3.00. The first kappa shape index (κ1) is 11.9. The highest BCUT2D eigenvalue weighted by Crippen LogP contribution is 2.13. The van der Waals surface area contributed by atoms with Crippen molar-refractivity contribution < 1.29 is 9.53 Å². The fourth-order valence-corrected chi connectivity index (χ4v) is 2.12. The molecule has 1 fully saturated rings. The molecule has 1 amide bonds. The summed E-state index contributed by atoms with van der Waals surface area (Å²) in [6.45, 7) is 5.42. The topological polar surface area (TPSA) is 29.5 Å². The van der Waals surface area contributed by atoms with Crippen molar-refractivity contribution in [3.8, 4) is 0 Å². The van der Waals surface area contributed by atoms with Gasteiger partial charge in [-0.05, 0) is 18.1 Å². The molecule has 0 aliphatic carbocycles. The standard InChI is InChI=1S/C14H17NO2/c1-2-14(16)15-8-9-17-11-13(15)10-12-6-4-3-5-7-12/h2-7,13H,1,8-11H2/t13-/m0/s1. The molecule has 1 aromatic carbocycles. The van der Waals surface area contributed by atoms with Crippen LogP contribution in [0.15, 0.2) is 43.0 Å². The zero-order valence-electron chi connectivity index (χ0n) is 9.84. The van der Waals surface area contributed by atoms with E-state index in [9.17, 15) is 4.79 Å². The second-order valence-corrected chi connectivity index (χ2v) is 4.15. The molecule has 0 bridgehead atoms. The van der Waals surface area contributed by atoms with Crippen LogP contribution >= 0.6 is 0 Å². The Morgan fingerprint density at radius 3 is 2.94 bits per heavy atom. The number of amides is 1. The number of hydrogen-bond donors (Lipinski definition) is 0. The van der Waals surface area contributed by atoms with Crippen LogP contribution < -0.4 is 0 Å². The van der Waals surface area contributed by atoms with Gasteiger partial charge in [-0.2, -0.15) is 0 Å². The lowest BCUT2D eigenvalue weighted by molar-refractivity contribution is -0.134. The lowest BCUT2D eigenvalue weighted by atomic mass is 10.0. The molecule has 1 saturated heterocycles. The summed E-state index contributed by atoms with van der Waals surface area (Å²) in [5.74, 6) is -0.00534. The Bertz CT molecular complexity index is 388. The summed E-state index contributed by atoms with van der Waals surface area (Å²) in [6, 6.07) is 10.3. The van der Waals surface area contributed by atoms with E-state index in [1.807, 2.05) is 23.1 Å². The summed E-state index contributed by atoms with van der Waals surface area (Å²) in [5.41, 5.74) is 1.23. The second kappa shape index (κ2) is 5.64. The maximum Gasteiger partial charge on any atom is 0.246 e. The fraction of sp³-hybridized carbons (Fsp3) is 0.357. The van der Waals surface area contributed by atoms with Crippen LogP contribution in [0.1, 0.15) is 5.56 Å². The first-order valence-electron chi connectivity index (χ1n) is 5.86. The van der Waals surface area contributed by atoms with Gasteiger partial charge in [-0.1, -0.05) is 36.9 Å². The summed E-state index contributed by atoms with van der Waals surface area (Å²) < 4.78 is 5.45. The van der Waals surface area contributed by atoms with Crippen molar-refractivity contribution in [3.05, 3.63) is 48.6 Å². The van der Waals surface area contributed by atoms with Gasteiger partial charge in [-0.15, -0.1) is 0 Å². The molecule has 0 saturated carbocycles. The van der Waals surface area contributed by atoms with E-state index >= 15 is 0 Å². The van der Waals surface area contributed by atoms with Crippen molar-refractivity contribution in [2.75, 3.05) is 19.8 Å². The van der Waals surface area contributed by atoms with E-state index < -0.39 is 0 Å². The number of ether oxygens (including phenoxy) is 1. The van der Waals surface area contributed by atoms with Crippen molar-refractivity contribution in [2.24, 2.45) is 0 Å². The SMILES string of the molecule is C=CC(=O)N1CCOC[C@@H]1Cc1ccccc1. The van der Waals surface area contributed by atoms with Crippen LogP contribution in [-0.4, -0.2) is 36.6 Å². The molecular formula is C14H17NO2. The predicted molar refractivity (Wildman–Crippen MR) is 66.7 cm³/mol. The van der Waals surface area contributed by atoms with E-state index in [0.717, 1.165) is 6.42 Å². The van der Waals surface area contributed by atoms with Gasteiger partial charge in [0.2, 0.25) is 5.91 Å². The maximum atomic E-state index is 11.7. The molecule has 0 N–H and O–H groups in total. The molecule has 2 rings (SSSR count). The molecule has 1 atom stereocenters. The Balaban J connectivity index is 2.06. The molecule has 3 heteroatoms. The number of hydrogen-bond acceptors (Lipinski definition) is 2. The van der Waals surface area contributed by atoms with E-state index in [1.165, 1.54) is 11.6 Å². The van der Waals surface area contributed by atoms with Gasteiger partial charge in [0.15, 0.2) is 0 Å². The zero-order chi connectivity index (χ0) is 12.1. The van der Waals surface area contributed by atoms with Crippen LogP contribution in [0, 0.1) is 0 Å². The van der Waals surface area contributed by atoms with E-state index in [2.05, 4.69) is 18.7 Å². The minimum atomic E-state index is -0.00534. The summed E-state index contributed by atoms with van der Waals surface area (Å²) in [5, 5.41) is 0. The highest BCUT2D eigenvalue weighted by molar-refractivity contribution is 5.87. The minimum absolute atomic E-state index is 0.00534. The van der Waals surface area contributed by atoms with Gasteiger partial charge in [-0.3, -0.25) is 4.79 Å². The highest BCUT2D eigenvalue weighted by Gasteiger charge is 2.25. The average Bonchev–Trinajstić information content (AvgIpc) is 2.40. The monoisotopic (exact) mass is 231 g/mol. The van der Waals surface area contributed by atoms with E-state index in [1.54, 1.807) is 0 Å². The van der Waals surface area contributed by atoms with Gasteiger partial charge < -0.3 is 9.64 Å². The van der Waals surface area contributed by atoms with Gasteiger partial charge in [-0.25, -0.2) is 0 Å². The van der Waals surface area contributed by atoms with Crippen molar-refractivity contribution in [2.45, 2.75) is 12.5 Å². The largest absolute Gasteiger partial charge is 0.377 e. The zero-order valence-corrected chi connectivity index (χ0v) is 9.84. The third kappa shape index (κ3) is 2.94. The van der Waals surface area contributed by atoms with Crippen LogP contribution in [0.25, 0.3) is 0 Å². The van der Waals surface area contributed by atoms with E-state index in [0.29, 0.717) is 19.8 Å². The molecule has 1 aliphatic rings. The molecular weight excluding hydrogens is 214 g/mol. The van der Waals surface area contributed by atoms with Gasteiger partial charge in [0.05, 0.1) is 19.3 Å². The third-order valence-electron chi connectivity index (χ3n) is 3.00.